The van der Waals surface area contributed by atoms with E-state index in [0.29, 0.717) is 6.10 Å². The zero-order valence-corrected chi connectivity index (χ0v) is 7.48. The molecule has 10 heavy (non-hydrogen) atoms. The van der Waals surface area contributed by atoms with E-state index in [1.165, 1.54) is 6.26 Å². The Morgan fingerprint density at radius 3 is 2.10 bits per heavy atom. The molecule has 0 aromatic rings. The van der Waals surface area contributed by atoms with Crippen molar-refractivity contribution in [1.29, 1.82) is 0 Å². The Labute approximate surface area is 64.1 Å². The molecule has 1 heteroatoms. The summed E-state index contributed by atoms with van der Waals surface area (Å²) in [5.74, 6) is 0. The Morgan fingerprint density at radius 2 is 2.00 bits per heavy atom. The lowest BCUT2D eigenvalue weighted by Crippen LogP contribution is -2.26. The van der Waals surface area contributed by atoms with Crippen LogP contribution in [-0.4, -0.2) is 6.10 Å². The molecule has 0 aromatic heterocycles. The van der Waals surface area contributed by atoms with Crippen LogP contribution in [0.25, 0.3) is 0 Å². The molecule has 60 valence electrons. The molecule has 0 spiro atoms. The van der Waals surface area contributed by atoms with Gasteiger partial charge in [-0.25, -0.2) is 0 Å². The van der Waals surface area contributed by atoms with Crippen LogP contribution >= 0.6 is 0 Å². The maximum atomic E-state index is 5.32. The van der Waals surface area contributed by atoms with E-state index >= 15 is 0 Å². The number of hydrogen-bond donors (Lipinski definition) is 0. The molecular formula is C9H18O. The van der Waals surface area contributed by atoms with Crippen molar-refractivity contribution in [3.05, 3.63) is 12.8 Å². The van der Waals surface area contributed by atoms with E-state index in [0.717, 1.165) is 6.42 Å². The largest absolute Gasteiger partial charge is 0.498 e. The van der Waals surface area contributed by atoms with E-state index in [2.05, 4.69) is 34.3 Å². The molecule has 0 radical (unpaired) electrons. The van der Waals surface area contributed by atoms with E-state index in [1.54, 1.807) is 0 Å². The van der Waals surface area contributed by atoms with Crippen molar-refractivity contribution < 1.29 is 4.74 Å². The highest BCUT2D eigenvalue weighted by Gasteiger charge is 2.22. The van der Waals surface area contributed by atoms with Crippen LogP contribution in [0.3, 0.4) is 0 Å². The maximum Gasteiger partial charge on any atom is 0.102 e. The van der Waals surface area contributed by atoms with E-state index in [4.69, 9.17) is 4.74 Å². The van der Waals surface area contributed by atoms with Gasteiger partial charge in [0.2, 0.25) is 0 Å². The van der Waals surface area contributed by atoms with Crippen LogP contribution in [0.4, 0.5) is 0 Å². The molecular weight excluding hydrogens is 124 g/mol. The second-order valence-electron chi connectivity index (χ2n) is 3.57. The lowest BCUT2D eigenvalue weighted by Gasteiger charge is -2.28. The average molecular weight is 142 g/mol. The van der Waals surface area contributed by atoms with Gasteiger partial charge in [-0.1, -0.05) is 34.3 Å². The first-order valence-electron chi connectivity index (χ1n) is 3.78. The highest BCUT2D eigenvalue weighted by molar-refractivity contribution is 4.74. The van der Waals surface area contributed by atoms with Gasteiger partial charge in [-0.15, -0.1) is 0 Å². The minimum Gasteiger partial charge on any atom is -0.498 e. The average Bonchev–Trinajstić information content (AvgIpc) is 1.80. The van der Waals surface area contributed by atoms with Gasteiger partial charge in [0.1, 0.15) is 6.10 Å². The van der Waals surface area contributed by atoms with Crippen LogP contribution in [0.15, 0.2) is 12.8 Å². The Kier molecular flexibility index (Phi) is 3.48. The van der Waals surface area contributed by atoms with Crippen LogP contribution in [0, 0.1) is 5.41 Å². The molecule has 0 fully saturated rings. The molecule has 0 saturated carbocycles. The molecule has 0 aliphatic carbocycles. The van der Waals surface area contributed by atoms with Crippen molar-refractivity contribution in [2.45, 2.75) is 40.2 Å². The van der Waals surface area contributed by atoms with Crippen LogP contribution < -0.4 is 0 Å². The molecule has 0 heterocycles. The Morgan fingerprint density at radius 1 is 1.50 bits per heavy atom. The summed E-state index contributed by atoms with van der Waals surface area (Å²) in [7, 11) is 0. The van der Waals surface area contributed by atoms with Gasteiger partial charge in [0.05, 0.1) is 6.26 Å². The lowest BCUT2D eigenvalue weighted by molar-refractivity contribution is 0.0434. The van der Waals surface area contributed by atoms with Gasteiger partial charge in [0.15, 0.2) is 0 Å². The number of ether oxygens (including phenoxy) is 1. The fourth-order valence-corrected chi connectivity index (χ4v) is 1.03. The highest BCUT2D eigenvalue weighted by Crippen LogP contribution is 2.24. The second kappa shape index (κ2) is 3.65. The monoisotopic (exact) mass is 142 g/mol. The predicted molar refractivity (Wildman–Crippen MR) is 44.8 cm³/mol. The Hall–Kier alpha value is -0.460. The maximum absolute atomic E-state index is 5.32. The molecule has 1 nitrogen and oxygen atoms in total. The minimum atomic E-state index is 0.225. The summed E-state index contributed by atoms with van der Waals surface area (Å²) in [4.78, 5) is 0. The molecule has 1 unspecified atom stereocenters. The van der Waals surface area contributed by atoms with Crippen molar-refractivity contribution >= 4 is 0 Å². The minimum absolute atomic E-state index is 0.225. The molecule has 0 aliphatic heterocycles. The normalized spacial score (nSPS) is 14.4. The zero-order chi connectivity index (χ0) is 8.20. The van der Waals surface area contributed by atoms with E-state index in [1.807, 2.05) is 0 Å². The fraction of sp³-hybridized carbons (Fsp3) is 0.778. The molecule has 0 amide bonds. The molecule has 1 atom stereocenters. The van der Waals surface area contributed by atoms with E-state index < -0.39 is 0 Å². The smallest absolute Gasteiger partial charge is 0.102 e. The van der Waals surface area contributed by atoms with Gasteiger partial charge < -0.3 is 4.74 Å². The highest BCUT2D eigenvalue weighted by atomic mass is 16.5. The summed E-state index contributed by atoms with van der Waals surface area (Å²) in [6.45, 7) is 12.2. The fourth-order valence-electron chi connectivity index (χ4n) is 1.03. The summed E-state index contributed by atoms with van der Waals surface area (Å²) in [5, 5.41) is 0. The van der Waals surface area contributed by atoms with Crippen molar-refractivity contribution in [1.82, 2.24) is 0 Å². The SMILES string of the molecule is C=COC(CC)C(C)(C)C. The Bertz CT molecular complexity index is 99.8. The van der Waals surface area contributed by atoms with Gasteiger partial charge in [-0.05, 0) is 11.8 Å². The Balaban J connectivity index is 3.92. The quantitative estimate of drug-likeness (QED) is 0.550. The summed E-state index contributed by atoms with van der Waals surface area (Å²) < 4.78 is 5.32. The van der Waals surface area contributed by atoms with Crippen LogP contribution in [0.2, 0.25) is 0 Å². The summed E-state index contributed by atoms with van der Waals surface area (Å²) in [6.07, 6.45) is 2.86. The first-order chi connectivity index (χ1) is 4.52. The molecule has 0 saturated heterocycles. The van der Waals surface area contributed by atoms with Crippen LogP contribution in [0.5, 0.6) is 0 Å². The van der Waals surface area contributed by atoms with Gasteiger partial charge in [0.25, 0.3) is 0 Å². The summed E-state index contributed by atoms with van der Waals surface area (Å²) in [6, 6.07) is 0. The molecule has 0 aliphatic rings. The number of rotatable bonds is 3. The van der Waals surface area contributed by atoms with Crippen LogP contribution in [-0.2, 0) is 4.74 Å². The third kappa shape index (κ3) is 2.90. The van der Waals surface area contributed by atoms with Gasteiger partial charge in [-0.2, -0.15) is 0 Å². The summed E-state index contributed by atoms with van der Waals surface area (Å²) in [5.41, 5.74) is 0.225. The molecule has 0 rings (SSSR count). The first kappa shape index (κ1) is 9.54. The topological polar surface area (TPSA) is 9.23 Å². The third-order valence-corrected chi connectivity index (χ3v) is 1.60. The molecule has 0 bridgehead atoms. The van der Waals surface area contributed by atoms with E-state index in [9.17, 15) is 0 Å². The summed E-state index contributed by atoms with van der Waals surface area (Å²) >= 11 is 0. The van der Waals surface area contributed by atoms with Gasteiger partial charge >= 0.3 is 0 Å². The molecule has 0 aromatic carbocycles. The predicted octanol–water partition coefficient (Wildman–Crippen LogP) is 2.97. The van der Waals surface area contributed by atoms with Crippen molar-refractivity contribution in [2.75, 3.05) is 0 Å². The third-order valence-electron chi connectivity index (χ3n) is 1.60. The second-order valence-corrected chi connectivity index (χ2v) is 3.57. The van der Waals surface area contributed by atoms with Gasteiger partial charge in [-0.3, -0.25) is 0 Å². The number of hydrogen-bond acceptors (Lipinski definition) is 1. The first-order valence-corrected chi connectivity index (χ1v) is 3.78. The van der Waals surface area contributed by atoms with Gasteiger partial charge in [0, 0.05) is 0 Å². The standard InChI is InChI=1S/C9H18O/c1-6-8(10-7-2)9(3,4)5/h7-8H,2,6H2,1,3-5H3. The molecule has 0 N–H and O–H groups in total. The van der Waals surface area contributed by atoms with Crippen molar-refractivity contribution in [3.63, 3.8) is 0 Å². The van der Waals surface area contributed by atoms with Crippen molar-refractivity contribution in [2.24, 2.45) is 5.41 Å². The lowest BCUT2D eigenvalue weighted by atomic mass is 9.87. The van der Waals surface area contributed by atoms with Crippen LogP contribution in [0.1, 0.15) is 34.1 Å². The van der Waals surface area contributed by atoms with E-state index in [-0.39, 0.29) is 5.41 Å². The zero-order valence-electron chi connectivity index (χ0n) is 7.48. The van der Waals surface area contributed by atoms with Crippen molar-refractivity contribution in [3.8, 4) is 0 Å².